The Kier molecular flexibility index (Phi) is 5.48. The molecule has 2 aromatic carbocycles. The average Bonchev–Trinajstić information content (AvgIpc) is 3.08. The number of carbonyl (C=O) groups excluding carboxylic acids is 1. The van der Waals surface area contributed by atoms with Crippen molar-refractivity contribution in [3.8, 4) is 5.75 Å². The molecule has 6 nitrogen and oxygen atoms in total. The number of hydrogen-bond donors (Lipinski definition) is 1. The van der Waals surface area contributed by atoms with Crippen molar-refractivity contribution in [2.75, 3.05) is 0 Å². The first-order valence-electron chi connectivity index (χ1n) is 7.61. The maximum Gasteiger partial charge on any atom is 0.285 e. The number of hydrogen-bond acceptors (Lipinski definition) is 6. The molecule has 3 aromatic rings. The Labute approximate surface area is 149 Å². The number of aromatic nitrogens is 2. The lowest BCUT2D eigenvalue weighted by Crippen LogP contribution is -2.17. The summed E-state index contributed by atoms with van der Waals surface area (Å²) < 4.78 is 9.45. The molecule has 0 bridgehead atoms. The summed E-state index contributed by atoms with van der Waals surface area (Å²) in [6.45, 7) is 2.25. The van der Waals surface area contributed by atoms with Crippen LogP contribution in [-0.2, 0) is 6.61 Å². The predicted molar refractivity (Wildman–Crippen MR) is 96.9 cm³/mol. The van der Waals surface area contributed by atoms with E-state index in [0.29, 0.717) is 17.2 Å². The van der Waals surface area contributed by atoms with Crippen LogP contribution in [0.1, 0.15) is 26.5 Å². The Balaban J connectivity index is 1.52. The Morgan fingerprint density at radius 2 is 1.96 bits per heavy atom. The van der Waals surface area contributed by atoms with Crippen molar-refractivity contribution in [2.45, 2.75) is 13.5 Å². The monoisotopic (exact) mass is 352 g/mol. The minimum absolute atomic E-state index is 0.313. The highest BCUT2D eigenvalue weighted by Gasteiger charge is 2.11. The number of rotatable bonds is 6. The van der Waals surface area contributed by atoms with E-state index in [2.05, 4.69) is 20.1 Å². The largest absolute Gasteiger partial charge is 0.489 e. The molecule has 0 radical (unpaired) electrons. The normalized spacial score (nSPS) is 10.8. The molecule has 0 atom stereocenters. The van der Waals surface area contributed by atoms with Gasteiger partial charge in [-0.25, -0.2) is 5.43 Å². The third-order valence-corrected chi connectivity index (χ3v) is 4.19. The van der Waals surface area contributed by atoms with Crippen molar-refractivity contribution in [1.29, 1.82) is 0 Å². The zero-order valence-electron chi connectivity index (χ0n) is 13.5. The summed E-state index contributed by atoms with van der Waals surface area (Å²) in [5.41, 5.74) is 5.03. The summed E-state index contributed by atoms with van der Waals surface area (Å²) in [4.78, 5) is 12.3. The van der Waals surface area contributed by atoms with Gasteiger partial charge in [-0.1, -0.05) is 34.8 Å². The average molecular weight is 352 g/mol. The Hall–Kier alpha value is -3.06. The minimum atomic E-state index is -0.313. The lowest BCUT2D eigenvalue weighted by Gasteiger charge is -2.06. The SMILES string of the molecule is Cc1nnsc1C(=O)NN=Cc1ccc(OCc2ccccc2)cc1. The van der Waals surface area contributed by atoms with E-state index in [0.717, 1.165) is 28.4 Å². The van der Waals surface area contributed by atoms with Crippen LogP contribution in [0, 0.1) is 6.92 Å². The third kappa shape index (κ3) is 4.71. The summed E-state index contributed by atoms with van der Waals surface area (Å²) >= 11 is 1.05. The summed E-state index contributed by atoms with van der Waals surface area (Å²) in [6.07, 6.45) is 1.57. The molecule has 1 heterocycles. The van der Waals surface area contributed by atoms with Gasteiger partial charge >= 0.3 is 0 Å². The van der Waals surface area contributed by atoms with Gasteiger partial charge in [-0.2, -0.15) is 5.10 Å². The summed E-state index contributed by atoms with van der Waals surface area (Å²) in [5, 5.41) is 7.74. The first-order chi connectivity index (χ1) is 12.2. The van der Waals surface area contributed by atoms with Crippen LogP contribution in [0.4, 0.5) is 0 Å². The van der Waals surface area contributed by atoms with Crippen LogP contribution in [0.25, 0.3) is 0 Å². The second-order valence-electron chi connectivity index (χ2n) is 5.23. The van der Waals surface area contributed by atoms with E-state index in [-0.39, 0.29) is 5.91 Å². The van der Waals surface area contributed by atoms with Gasteiger partial charge in [0.15, 0.2) is 0 Å². The predicted octanol–water partition coefficient (Wildman–Crippen LogP) is 3.19. The molecular formula is C18H16N4O2S. The van der Waals surface area contributed by atoms with Gasteiger partial charge < -0.3 is 4.74 Å². The molecule has 1 amide bonds. The molecular weight excluding hydrogens is 336 g/mol. The first-order valence-corrected chi connectivity index (χ1v) is 8.39. The molecule has 0 fully saturated rings. The zero-order valence-corrected chi connectivity index (χ0v) is 14.4. The fraction of sp³-hybridized carbons (Fsp3) is 0.111. The number of hydrazone groups is 1. The van der Waals surface area contributed by atoms with E-state index in [1.54, 1.807) is 13.1 Å². The van der Waals surface area contributed by atoms with Crippen molar-refractivity contribution in [2.24, 2.45) is 5.10 Å². The standard InChI is InChI=1S/C18H16N4O2S/c1-13-17(25-22-20-13)18(23)21-19-11-14-7-9-16(10-8-14)24-12-15-5-3-2-4-6-15/h2-11H,12H2,1H3,(H,21,23). The smallest absolute Gasteiger partial charge is 0.285 e. The lowest BCUT2D eigenvalue weighted by atomic mass is 10.2. The highest BCUT2D eigenvalue weighted by atomic mass is 32.1. The van der Waals surface area contributed by atoms with Crippen molar-refractivity contribution >= 4 is 23.7 Å². The van der Waals surface area contributed by atoms with E-state index in [1.165, 1.54) is 0 Å². The van der Waals surface area contributed by atoms with Crippen LogP contribution in [0.3, 0.4) is 0 Å². The Morgan fingerprint density at radius 3 is 2.64 bits per heavy atom. The van der Waals surface area contributed by atoms with Gasteiger partial charge in [0, 0.05) is 0 Å². The number of nitrogens with one attached hydrogen (secondary N) is 1. The number of nitrogens with zero attached hydrogens (tertiary/aromatic N) is 3. The second kappa shape index (κ2) is 8.16. The van der Waals surface area contributed by atoms with Crippen molar-refractivity contribution in [3.63, 3.8) is 0 Å². The topological polar surface area (TPSA) is 76.5 Å². The lowest BCUT2D eigenvalue weighted by molar-refractivity contribution is 0.0958. The highest BCUT2D eigenvalue weighted by molar-refractivity contribution is 7.07. The van der Waals surface area contributed by atoms with Crippen LogP contribution >= 0.6 is 11.5 Å². The molecule has 0 saturated carbocycles. The van der Waals surface area contributed by atoms with E-state index >= 15 is 0 Å². The molecule has 0 unspecified atom stereocenters. The fourth-order valence-corrected chi connectivity index (χ4v) is 2.59. The molecule has 0 aliphatic heterocycles. The number of carbonyl (C=O) groups is 1. The molecule has 1 N–H and O–H groups in total. The van der Waals surface area contributed by atoms with Gasteiger partial charge in [0.2, 0.25) is 0 Å². The Morgan fingerprint density at radius 1 is 1.20 bits per heavy atom. The number of aryl methyl sites for hydroxylation is 1. The summed E-state index contributed by atoms with van der Waals surface area (Å²) in [6, 6.07) is 17.4. The first kappa shape index (κ1) is 16.8. The van der Waals surface area contributed by atoms with Crippen molar-refractivity contribution in [1.82, 2.24) is 15.0 Å². The molecule has 0 saturated heterocycles. The number of benzene rings is 2. The van der Waals surface area contributed by atoms with E-state index in [4.69, 9.17) is 4.74 Å². The van der Waals surface area contributed by atoms with Crippen molar-refractivity contribution in [3.05, 3.63) is 76.3 Å². The van der Waals surface area contributed by atoms with Gasteiger partial charge in [0.05, 0.1) is 11.9 Å². The van der Waals surface area contributed by atoms with Gasteiger partial charge in [-0.15, -0.1) is 5.10 Å². The highest BCUT2D eigenvalue weighted by Crippen LogP contribution is 2.13. The zero-order chi connectivity index (χ0) is 17.5. The summed E-state index contributed by atoms with van der Waals surface area (Å²) in [7, 11) is 0. The molecule has 126 valence electrons. The molecule has 0 aliphatic carbocycles. The van der Waals surface area contributed by atoms with Crippen LogP contribution in [0.2, 0.25) is 0 Å². The molecule has 1 aromatic heterocycles. The van der Waals surface area contributed by atoms with Crippen molar-refractivity contribution < 1.29 is 9.53 Å². The van der Waals surface area contributed by atoms with Gasteiger partial charge in [-0.3, -0.25) is 4.79 Å². The Bertz CT molecular complexity index is 860. The molecule has 0 spiro atoms. The van der Waals surface area contributed by atoms with E-state index in [1.807, 2.05) is 54.6 Å². The minimum Gasteiger partial charge on any atom is -0.489 e. The fourth-order valence-electron chi connectivity index (χ4n) is 2.05. The molecule has 7 heteroatoms. The summed E-state index contributed by atoms with van der Waals surface area (Å²) in [5.74, 6) is 0.461. The van der Waals surface area contributed by atoms with E-state index in [9.17, 15) is 4.79 Å². The van der Waals surface area contributed by atoms with Crippen LogP contribution in [0.15, 0.2) is 59.7 Å². The quantitative estimate of drug-likeness (QED) is 0.546. The number of ether oxygens (including phenoxy) is 1. The van der Waals surface area contributed by atoms with Gasteiger partial charge in [-0.05, 0) is 53.8 Å². The maximum atomic E-state index is 11.9. The second-order valence-corrected chi connectivity index (χ2v) is 5.98. The molecule has 3 rings (SSSR count). The maximum absolute atomic E-state index is 11.9. The van der Waals surface area contributed by atoms with Crippen LogP contribution in [-0.4, -0.2) is 21.7 Å². The number of amides is 1. The molecule has 0 aliphatic rings. The molecule has 25 heavy (non-hydrogen) atoms. The van der Waals surface area contributed by atoms with Gasteiger partial charge in [0.25, 0.3) is 5.91 Å². The van der Waals surface area contributed by atoms with Crippen LogP contribution in [0.5, 0.6) is 5.75 Å². The van der Waals surface area contributed by atoms with Gasteiger partial charge in [0.1, 0.15) is 17.2 Å². The van der Waals surface area contributed by atoms with E-state index < -0.39 is 0 Å². The third-order valence-electron chi connectivity index (χ3n) is 3.37. The van der Waals surface area contributed by atoms with Crippen LogP contribution < -0.4 is 10.2 Å².